The first kappa shape index (κ1) is 21.6. The van der Waals surface area contributed by atoms with Gasteiger partial charge in [0.15, 0.2) is 18.1 Å². The molecule has 1 aliphatic rings. The summed E-state index contributed by atoms with van der Waals surface area (Å²) in [6.07, 6.45) is 3.82. The summed E-state index contributed by atoms with van der Waals surface area (Å²) in [5.41, 5.74) is 7.48. The first-order valence-electron chi connectivity index (χ1n) is 10.2. The second-order valence-electron chi connectivity index (χ2n) is 7.59. The fraction of sp³-hybridized carbons (Fsp3) is 0.391. The maximum atomic E-state index is 12.6. The van der Waals surface area contributed by atoms with Gasteiger partial charge in [0.05, 0.1) is 7.11 Å². The lowest BCUT2D eigenvalue weighted by atomic mass is 10.0. The number of nitrogens with one attached hydrogen (secondary N) is 1. The number of hydrogen-bond acceptors (Lipinski definition) is 5. The molecule has 1 unspecified atom stereocenters. The third kappa shape index (κ3) is 5.73. The molecule has 7 nitrogen and oxygen atoms in total. The summed E-state index contributed by atoms with van der Waals surface area (Å²) < 4.78 is 10.5. The fourth-order valence-electron chi connectivity index (χ4n) is 3.60. The number of primary amides is 1. The third-order valence-corrected chi connectivity index (χ3v) is 5.33. The molecule has 3 rings (SSSR count). The quantitative estimate of drug-likeness (QED) is 0.696. The minimum Gasteiger partial charge on any atom is -0.493 e. The van der Waals surface area contributed by atoms with Crippen LogP contribution in [0.25, 0.3) is 0 Å². The number of rotatable bonds is 8. The molecule has 2 aromatic carbocycles. The van der Waals surface area contributed by atoms with Crippen LogP contribution in [0.15, 0.2) is 42.5 Å². The highest BCUT2D eigenvalue weighted by Gasteiger charge is 2.18. The van der Waals surface area contributed by atoms with Crippen molar-refractivity contribution in [1.29, 1.82) is 0 Å². The Morgan fingerprint density at radius 2 is 1.90 bits per heavy atom. The average Bonchev–Trinajstić information content (AvgIpc) is 2.75. The summed E-state index contributed by atoms with van der Waals surface area (Å²) in [6.45, 7) is 4.09. The van der Waals surface area contributed by atoms with Crippen molar-refractivity contribution in [3.63, 3.8) is 0 Å². The van der Waals surface area contributed by atoms with Crippen LogP contribution in [0.5, 0.6) is 11.5 Å². The summed E-state index contributed by atoms with van der Waals surface area (Å²) in [4.78, 5) is 26.0. The number of amides is 2. The molecule has 0 saturated carbocycles. The molecule has 1 saturated heterocycles. The zero-order valence-corrected chi connectivity index (χ0v) is 17.5. The van der Waals surface area contributed by atoms with Crippen molar-refractivity contribution < 1.29 is 19.1 Å². The number of nitrogens with zero attached hydrogens (tertiary/aromatic N) is 1. The Labute approximate surface area is 177 Å². The van der Waals surface area contributed by atoms with E-state index in [4.69, 9.17) is 15.2 Å². The minimum atomic E-state index is -0.586. The Kier molecular flexibility index (Phi) is 7.30. The number of hydrogen-bond donors (Lipinski definition) is 2. The summed E-state index contributed by atoms with van der Waals surface area (Å²) >= 11 is 0. The Morgan fingerprint density at radius 3 is 2.57 bits per heavy atom. The van der Waals surface area contributed by atoms with Gasteiger partial charge in [-0.05, 0) is 62.2 Å². The van der Waals surface area contributed by atoms with Gasteiger partial charge in [0, 0.05) is 23.8 Å². The zero-order valence-electron chi connectivity index (χ0n) is 17.5. The molecule has 3 N–H and O–H groups in total. The molecule has 0 aromatic heterocycles. The van der Waals surface area contributed by atoms with Crippen molar-refractivity contribution in [3.8, 4) is 11.5 Å². The number of piperidine rings is 1. The van der Waals surface area contributed by atoms with Crippen LogP contribution in [0.3, 0.4) is 0 Å². The second kappa shape index (κ2) is 10.1. The monoisotopic (exact) mass is 411 g/mol. The number of carbonyl (C=O) groups excluding carboxylic acids is 2. The molecular formula is C23H29N3O4. The van der Waals surface area contributed by atoms with Gasteiger partial charge in [-0.2, -0.15) is 0 Å². The van der Waals surface area contributed by atoms with Gasteiger partial charge in [-0.25, -0.2) is 0 Å². The predicted molar refractivity (Wildman–Crippen MR) is 116 cm³/mol. The number of benzene rings is 2. The van der Waals surface area contributed by atoms with Crippen molar-refractivity contribution in [2.75, 3.05) is 25.6 Å². The molecule has 1 atom stereocenters. The number of carbonyl (C=O) groups is 2. The van der Waals surface area contributed by atoms with Crippen LogP contribution in [0.2, 0.25) is 0 Å². The molecule has 1 fully saturated rings. The van der Waals surface area contributed by atoms with Gasteiger partial charge in [-0.1, -0.05) is 18.6 Å². The summed E-state index contributed by atoms with van der Waals surface area (Å²) in [6, 6.07) is 13.3. The van der Waals surface area contributed by atoms with E-state index in [1.54, 1.807) is 18.2 Å². The van der Waals surface area contributed by atoms with Gasteiger partial charge in [0.1, 0.15) is 0 Å². The molecule has 1 heterocycles. The van der Waals surface area contributed by atoms with E-state index in [-0.39, 0.29) is 12.5 Å². The van der Waals surface area contributed by atoms with E-state index in [1.807, 2.05) is 12.1 Å². The van der Waals surface area contributed by atoms with E-state index < -0.39 is 5.91 Å². The smallest absolute Gasteiger partial charge is 0.255 e. The largest absolute Gasteiger partial charge is 0.493 e. The van der Waals surface area contributed by atoms with Gasteiger partial charge in [0.25, 0.3) is 11.8 Å². The number of ether oxygens (including phenoxy) is 2. The van der Waals surface area contributed by atoms with Crippen LogP contribution < -0.4 is 20.5 Å². The molecule has 30 heavy (non-hydrogen) atoms. The van der Waals surface area contributed by atoms with Crippen LogP contribution >= 0.6 is 0 Å². The first-order chi connectivity index (χ1) is 14.5. The van der Waals surface area contributed by atoms with Gasteiger partial charge in [-0.15, -0.1) is 0 Å². The van der Waals surface area contributed by atoms with Crippen molar-refractivity contribution >= 4 is 17.5 Å². The molecule has 7 heteroatoms. The zero-order chi connectivity index (χ0) is 21.5. The maximum absolute atomic E-state index is 12.6. The Morgan fingerprint density at radius 1 is 1.13 bits per heavy atom. The lowest BCUT2D eigenvalue weighted by Gasteiger charge is -2.33. The molecule has 160 valence electrons. The SMILES string of the molecule is COc1cc(C(=O)Nc2ccc(CN3CCCCC3C)cc2)ccc1OCC(N)=O. The minimum absolute atomic E-state index is 0.257. The lowest BCUT2D eigenvalue weighted by molar-refractivity contribution is -0.119. The average molecular weight is 412 g/mol. The lowest BCUT2D eigenvalue weighted by Crippen LogP contribution is -2.36. The molecule has 0 radical (unpaired) electrons. The number of anilines is 1. The van der Waals surface area contributed by atoms with Crippen molar-refractivity contribution in [1.82, 2.24) is 4.90 Å². The third-order valence-electron chi connectivity index (χ3n) is 5.33. The summed E-state index contributed by atoms with van der Waals surface area (Å²) in [5, 5.41) is 2.90. The van der Waals surface area contributed by atoms with Gasteiger partial charge >= 0.3 is 0 Å². The Bertz CT molecular complexity index is 883. The highest BCUT2D eigenvalue weighted by molar-refractivity contribution is 6.04. The summed E-state index contributed by atoms with van der Waals surface area (Å²) in [7, 11) is 1.47. The normalized spacial score (nSPS) is 16.7. The molecule has 0 spiro atoms. The highest BCUT2D eigenvalue weighted by atomic mass is 16.5. The molecule has 0 aliphatic carbocycles. The standard InChI is InChI=1S/C23H29N3O4/c1-16-5-3-4-12-26(16)14-17-6-9-19(10-7-17)25-23(28)18-8-11-20(21(13-18)29-2)30-15-22(24)27/h6-11,13,16H,3-5,12,14-15H2,1-2H3,(H2,24,27)(H,25,28). The number of methoxy groups -OCH3 is 1. The molecule has 2 amide bonds. The van der Waals surface area contributed by atoms with Crippen LogP contribution in [-0.2, 0) is 11.3 Å². The topological polar surface area (TPSA) is 93.9 Å². The van der Waals surface area contributed by atoms with Gasteiger partial charge in [-0.3, -0.25) is 14.5 Å². The van der Waals surface area contributed by atoms with E-state index in [2.05, 4.69) is 29.3 Å². The van der Waals surface area contributed by atoms with Gasteiger partial charge in [0.2, 0.25) is 0 Å². The maximum Gasteiger partial charge on any atom is 0.255 e. The van der Waals surface area contributed by atoms with Crippen LogP contribution in [0.4, 0.5) is 5.69 Å². The molecule has 0 bridgehead atoms. The highest BCUT2D eigenvalue weighted by Crippen LogP contribution is 2.28. The predicted octanol–water partition coefficient (Wildman–Crippen LogP) is 3.19. The van der Waals surface area contributed by atoms with Crippen molar-refractivity contribution in [3.05, 3.63) is 53.6 Å². The van der Waals surface area contributed by atoms with Gasteiger partial charge < -0.3 is 20.5 Å². The van der Waals surface area contributed by atoms with Crippen molar-refractivity contribution in [2.45, 2.75) is 38.8 Å². The van der Waals surface area contributed by atoms with Crippen LogP contribution in [0.1, 0.15) is 42.1 Å². The Balaban J connectivity index is 1.61. The summed E-state index contributed by atoms with van der Waals surface area (Å²) in [5.74, 6) is -0.136. The van der Waals surface area contributed by atoms with Crippen molar-refractivity contribution in [2.24, 2.45) is 5.73 Å². The number of likely N-dealkylation sites (tertiary alicyclic amines) is 1. The van der Waals surface area contributed by atoms with E-state index in [0.717, 1.165) is 18.8 Å². The fourth-order valence-corrected chi connectivity index (χ4v) is 3.60. The number of nitrogens with two attached hydrogens (primary N) is 1. The van der Waals surface area contributed by atoms with E-state index in [9.17, 15) is 9.59 Å². The van der Waals surface area contributed by atoms with E-state index in [1.165, 1.54) is 31.9 Å². The second-order valence-corrected chi connectivity index (χ2v) is 7.59. The molecule has 1 aliphatic heterocycles. The van der Waals surface area contributed by atoms with Crippen LogP contribution in [-0.4, -0.2) is 43.0 Å². The Hall–Kier alpha value is -3.06. The van der Waals surface area contributed by atoms with Crippen LogP contribution in [0, 0.1) is 0 Å². The first-order valence-corrected chi connectivity index (χ1v) is 10.2. The molecular weight excluding hydrogens is 382 g/mol. The van der Waals surface area contributed by atoms with E-state index in [0.29, 0.717) is 23.1 Å². The molecule has 2 aromatic rings. The van der Waals surface area contributed by atoms with E-state index >= 15 is 0 Å².